The van der Waals surface area contributed by atoms with E-state index in [1.165, 1.54) is 7.11 Å². The molecule has 3 saturated carbocycles. The molecule has 2 aromatic heterocycles. The molecule has 11 nitrogen and oxygen atoms in total. The minimum Gasteiger partial charge on any atom is -0.493 e. The van der Waals surface area contributed by atoms with Crippen molar-refractivity contribution in [1.82, 2.24) is 20.9 Å². The molecule has 0 radical (unpaired) electrons. The van der Waals surface area contributed by atoms with Gasteiger partial charge in [-0.15, -0.1) is 11.3 Å². The molecule has 0 unspecified atom stereocenters. The fraction of sp³-hybridized carbons (Fsp3) is 0.457. The Balaban J connectivity index is 1.32. The number of benzene rings is 1. The normalized spacial score (nSPS) is 20.5. The molecule has 2 bridgehead atoms. The van der Waals surface area contributed by atoms with Crippen molar-refractivity contribution in [2.45, 2.75) is 70.9 Å². The summed E-state index contributed by atoms with van der Waals surface area (Å²) in [6, 6.07) is 8.86. The number of aromatic nitrogens is 1. The molecule has 3 aromatic rings. The first-order valence-corrected chi connectivity index (χ1v) is 16.8. The standard InChI is InChI=1S/C35H40N4O7S/c1-6-11-36-30(41)25-8-7-21(27(38-25)31(42)44-5)22-15-26-24(28-20(9-12-45-26)10-13-47-28)14-23(22)29(40)39-35-16-34(17-35,18-35)19-37-32(43)46-33(2,3)4/h7-8,10,13-15H,6,9,11-12,16-19H2,1-5H3,(H,36,41)(H,37,43)(H,39,40). The van der Waals surface area contributed by atoms with E-state index in [0.717, 1.165) is 48.1 Å². The van der Waals surface area contributed by atoms with Crippen molar-refractivity contribution in [2.75, 3.05) is 26.8 Å². The number of alkyl carbamates (subject to hydrolysis) is 1. The minimum atomic E-state index is -0.730. The predicted octanol–water partition coefficient (Wildman–Crippen LogP) is 5.52. The van der Waals surface area contributed by atoms with Gasteiger partial charge in [0.15, 0.2) is 5.69 Å². The quantitative estimate of drug-likeness (QED) is 0.255. The third-order valence-electron chi connectivity index (χ3n) is 8.84. The summed E-state index contributed by atoms with van der Waals surface area (Å²) in [6.45, 7) is 8.82. The van der Waals surface area contributed by atoms with E-state index in [9.17, 15) is 19.2 Å². The van der Waals surface area contributed by atoms with Crippen LogP contribution in [0, 0.1) is 5.41 Å². The SMILES string of the molecule is CCCNC(=O)c1ccc(-c2cc3c(cc2C(=O)NC24CC(CNC(=O)OC(C)(C)C)(C2)C4)-c2sccc2CCO3)c(C(=O)OC)n1. The molecule has 0 spiro atoms. The van der Waals surface area contributed by atoms with Crippen molar-refractivity contribution in [3.05, 3.63) is 58.2 Å². The number of nitrogens with one attached hydrogen (secondary N) is 3. The number of ether oxygens (including phenoxy) is 3. The Bertz CT molecular complexity index is 1740. The monoisotopic (exact) mass is 660 g/mol. The Morgan fingerprint density at radius 3 is 2.47 bits per heavy atom. The maximum absolute atomic E-state index is 14.2. The molecule has 3 N–H and O–H groups in total. The van der Waals surface area contributed by atoms with Gasteiger partial charge in [0, 0.05) is 52.2 Å². The van der Waals surface area contributed by atoms with Crippen molar-refractivity contribution in [3.63, 3.8) is 0 Å². The summed E-state index contributed by atoms with van der Waals surface area (Å²) in [5.74, 6) is -0.836. The Kier molecular flexibility index (Phi) is 8.50. The summed E-state index contributed by atoms with van der Waals surface area (Å²) in [7, 11) is 1.25. The van der Waals surface area contributed by atoms with Crippen molar-refractivity contribution in [2.24, 2.45) is 5.41 Å². The van der Waals surface area contributed by atoms with Crippen LogP contribution in [0.5, 0.6) is 5.75 Å². The highest BCUT2D eigenvalue weighted by atomic mass is 32.1. The van der Waals surface area contributed by atoms with E-state index in [4.69, 9.17) is 14.2 Å². The number of pyridine rings is 1. The van der Waals surface area contributed by atoms with E-state index in [0.29, 0.717) is 42.1 Å². The van der Waals surface area contributed by atoms with E-state index >= 15 is 0 Å². The van der Waals surface area contributed by atoms with Crippen LogP contribution >= 0.6 is 11.3 Å². The van der Waals surface area contributed by atoms with E-state index in [1.54, 1.807) is 29.5 Å². The number of hydrogen-bond acceptors (Lipinski definition) is 9. The van der Waals surface area contributed by atoms with Gasteiger partial charge in [-0.05, 0) is 93.1 Å². The molecular weight excluding hydrogens is 620 g/mol. The molecule has 4 aliphatic rings. The largest absolute Gasteiger partial charge is 0.493 e. The van der Waals surface area contributed by atoms with Gasteiger partial charge in [-0.3, -0.25) is 9.59 Å². The van der Waals surface area contributed by atoms with Crippen LogP contribution in [-0.4, -0.2) is 66.8 Å². The molecule has 0 atom stereocenters. The van der Waals surface area contributed by atoms with Gasteiger partial charge < -0.3 is 30.2 Å². The lowest BCUT2D eigenvalue weighted by atomic mass is 9.39. The van der Waals surface area contributed by atoms with Gasteiger partial charge in [0.05, 0.1) is 13.7 Å². The lowest BCUT2D eigenvalue weighted by Crippen LogP contribution is -2.77. The van der Waals surface area contributed by atoms with E-state index in [2.05, 4.69) is 27.0 Å². The second kappa shape index (κ2) is 12.3. The van der Waals surface area contributed by atoms with Gasteiger partial charge in [0.2, 0.25) is 0 Å². The van der Waals surface area contributed by atoms with Crippen LogP contribution in [0.15, 0.2) is 35.7 Å². The summed E-state index contributed by atoms with van der Waals surface area (Å²) in [6.07, 6.45) is 3.22. The van der Waals surface area contributed by atoms with Gasteiger partial charge in [-0.1, -0.05) is 6.92 Å². The molecule has 3 fully saturated rings. The van der Waals surface area contributed by atoms with Gasteiger partial charge in [-0.25, -0.2) is 14.6 Å². The van der Waals surface area contributed by atoms with Crippen LogP contribution in [0.25, 0.3) is 21.6 Å². The zero-order valence-corrected chi connectivity index (χ0v) is 28.2. The third kappa shape index (κ3) is 6.43. The molecule has 0 saturated heterocycles. The van der Waals surface area contributed by atoms with E-state index < -0.39 is 23.6 Å². The number of fused-ring (bicyclic) bond motifs is 3. The summed E-state index contributed by atoms with van der Waals surface area (Å²) in [5.41, 5.74) is 2.07. The fourth-order valence-corrected chi connectivity index (χ4v) is 7.89. The highest BCUT2D eigenvalue weighted by molar-refractivity contribution is 7.13. The van der Waals surface area contributed by atoms with E-state index in [-0.39, 0.29) is 28.2 Å². The van der Waals surface area contributed by atoms with Crippen molar-refractivity contribution >= 4 is 35.2 Å². The first-order valence-electron chi connectivity index (χ1n) is 15.9. The summed E-state index contributed by atoms with van der Waals surface area (Å²) in [4.78, 5) is 57.7. The molecule has 1 aromatic carbocycles. The number of esters is 1. The van der Waals surface area contributed by atoms with Crippen LogP contribution in [0.1, 0.15) is 90.3 Å². The van der Waals surface area contributed by atoms with Gasteiger partial charge in [0.1, 0.15) is 17.0 Å². The molecule has 248 valence electrons. The molecule has 47 heavy (non-hydrogen) atoms. The number of thiophene rings is 1. The maximum atomic E-state index is 14.2. The first-order chi connectivity index (χ1) is 22.3. The Labute approximate surface area is 277 Å². The zero-order chi connectivity index (χ0) is 33.6. The summed E-state index contributed by atoms with van der Waals surface area (Å²) < 4.78 is 16.6. The van der Waals surface area contributed by atoms with Crippen LogP contribution < -0.4 is 20.7 Å². The summed E-state index contributed by atoms with van der Waals surface area (Å²) in [5, 5.41) is 11.0. The van der Waals surface area contributed by atoms with Crippen LogP contribution in [0.2, 0.25) is 0 Å². The average molecular weight is 661 g/mol. The fourth-order valence-electron chi connectivity index (χ4n) is 6.91. The van der Waals surface area contributed by atoms with Gasteiger partial charge >= 0.3 is 12.1 Å². The predicted molar refractivity (Wildman–Crippen MR) is 177 cm³/mol. The molecule has 12 heteroatoms. The Hall–Kier alpha value is -4.45. The Morgan fingerprint density at radius 2 is 1.77 bits per heavy atom. The summed E-state index contributed by atoms with van der Waals surface area (Å²) >= 11 is 1.59. The van der Waals surface area contributed by atoms with Crippen LogP contribution in [0.3, 0.4) is 0 Å². The molecule has 3 heterocycles. The number of methoxy groups -OCH3 is 1. The number of amides is 3. The number of carbonyl (C=O) groups excluding carboxylic acids is 4. The number of hydrogen-bond donors (Lipinski definition) is 3. The number of carbonyl (C=O) groups is 4. The first kappa shape index (κ1) is 32.5. The number of rotatable bonds is 9. The van der Waals surface area contributed by atoms with Crippen LogP contribution in [0.4, 0.5) is 4.79 Å². The van der Waals surface area contributed by atoms with Crippen molar-refractivity contribution < 1.29 is 33.4 Å². The molecule has 7 rings (SSSR count). The number of nitrogens with zero attached hydrogens (tertiary/aromatic N) is 1. The topological polar surface area (TPSA) is 145 Å². The van der Waals surface area contributed by atoms with E-state index in [1.807, 2.05) is 39.1 Å². The van der Waals surface area contributed by atoms with Gasteiger partial charge in [0.25, 0.3) is 11.8 Å². The highest BCUT2D eigenvalue weighted by Gasteiger charge is 2.68. The highest BCUT2D eigenvalue weighted by Crippen LogP contribution is 2.67. The van der Waals surface area contributed by atoms with Crippen molar-refractivity contribution in [3.8, 4) is 27.3 Å². The third-order valence-corrected chi connectivity index (χ3v) is 9.83. The Morgan fingerprint density at radius 1 is 1.00 bits per heavy atom. The average Bonchev–Trinajstić information content (AvgIpc) is 3.39. The molecule has 3 aliphatic carbocycles. The van der Waals surface area contributed by atoms with Crippen LogP contribution in [-0.2, 0) is 15.9 Å². The second-order valence-corrected chi connectivity index (χ2v) is 14.6. The maximum Gasteiger partial charge on any atom is 0.407 e. The smallest absolute Gasteiger partial charge is 0.407 e. The second-order valence-electron chi connectivity index (χ2n) is 13.7. The van der Waals surface area contributed by atoms with Crippen molar-refractivity contribution in [1.29, 1.82) is 0 Å². The minimum absolute atomic E-state index is 0.0713. The molecule has 1 aliphatic heterocycles. The lowest BCUT2D eigenvalue weighted by Gasteiger charge is -2.70. The molecular formula is C35H40N4O7S. The lowest BCUT2D eigenvalue weighted by molar-refractivity contribution is -0.143. The zero-order valence-electron chi connectivity index (χ0n) is 27.3. The van der Waals surface area contributed by atoms with Gasteiger partial charge in [-0.2, -0.15) is 0 Å². The molecule has 3 amide bonds.